The van der Waals surface area contributed by atoms with Crippen LogP contribution in [-0.4, -0.2) is 96.7 Å². The fourth-order valence-electron chi connectivity index (χ4n) is 10.1. The van der Waals surface area contributed by atoms with Crippen LogP contribution in [0, 0.1) is 11.8 Å². The summed E-state index contributed by atoms with van der Waals surface area (Å²) in [6, 6.07) is 0. The van der Waals surface area contributed by atoms with Crippen LogP contribution in [0.5, 0.6) is 0 Å². The lowest BCUT2D eigenvalue weighted by Gasteiger charge is -2.21. The van der Waals surface area contributed by atoms with Gasteiger partial charge in [-0.15, -0.1) is 0 Å². The lowest BCUT2D eigenvalue weighted by molar-refractivity contribution is -0.161. The molecule has 0 rings (SSSR count). The summed E-state index contributed by atoms with van der Waals surface area (Å²) in [6.07, 6.45) is 43.0. The van der Waals surface area contributed by atoms with Crippen LogP contribution >= 0.6 is 15.6 Å². The number of carbonyl (C=O) groups excluding carboxylic acids is 4. The summed E-state index contributed by atoms with van der Waals surface area (Å²) in [4.78, 5) is 72.3. The van der Waals surface area contributed by atoms with Gasteiger partial charge in [-0.25, -0.2) is 9.13 Å². The first-order chi connectivity index (χ1) is 41.4. The zero-order chi connectivity index (χ0) is 63.6. The van der Waals surface area contributed by atoms with Gasteiger partial charge in [0.05, 0.1) is 26.4 Å². The second-order valence-electron chi connectivity index (χ2n) is 25.2. The number of carbonyl (C=O) groups is 4. The molecule has 0 spiro atoms. The molecule has 0 saturated heterocycles. The number of unbranched alkanes of at least 4 members (excludes halogenated alkanes) is 36. The number of ether oxygens (including phenoxy) is 4. The van der Waals surface area contributed by atoms with Crippen molar-refractivity contribution >= 4 is 39.5 Å². The largest absolute Gasteiger partial charge is 0.472 e. The molecule has 5 atom stereocenters. The molecule has 0 aromatic rings. The number of hydrogen-bond acceptors (Lipinski definition) is 15. The van der Waals surface area contributed by atoms with Crippen LogP contribution in [0.1, 0.15) is 337 Å². The van der Waals surface area contributed by atoms with Gasteiger partial charge in [0.15, 0.2) is 12.2 Å². The number of aliphatic hydroxyl groups is 1. The van der Waals surface area contributed by atoms with E-state index < -0.39 is 97.5 Å². The summed E-state index contributed by atoms with van der Waals surface area (Å²) in [5.74, 6) is -0.595. The molecule has 3 N–H and O–H groups in total. The predicted octanol–water partition coefficient (Wildman–Crippen LogP) is 18.8. The van der Waals surface area contributed by atoms with Crippen LogP contribution in [0.4, 0.5) is 0 Å². The summed E-state index contributed by atoms with van der Waals surface area (Å²) in [7, 11) is -9.89. The van der Waals surface area contributed by atoms with E-state index in [1.165, 1.54) is 154 Å². The Morgan fingerprint density at radius 2 is 0.535 bits per heavy atom. The van der Waals surface area contributed by atoms with E-state index in [1.54, 1.807) is 0 Å². The fraction of sp³-hybridized carbons (Fsp3) is 0.940. The minimum absolute atomic E-state index is 0.106. The van der Waals surface area contributed by atoms with Crippen molar-refractivity contribution in [2.24, 2.45) is 11.8 Å². The Hall–Kier alpha value is -1.94. The first-order valence-corrected chi connectivity index (χ1v) is 38.0. The van der Waals surface area contributed by atoms with E-state index >= 15 is 0 Å². The maximum atomic E-state index is 13.0. The maximum Gasteiger partial charge on any atom is 0.472 e. The molecule has 0 aliphatic heterocycles. The van der Waals surface area contributed by atoms with E-state index in [9.17, 15) is 43.2 Å². The average molecular weight is 1270 g/mol. The van der Waals surface area contributed by atoms with E-state index in [0.29, 0.717) is 25.7 Å². The minimum Gasteiger partial charge on any atom is -0.462 e. The molecule has 0 aromatic heterocycles. The van der Waals surface area contributed by atoms with Crippen molar-refractivity contribution in [2.75, 3.05) is 39.6 Å². The Labute approximate surface area is 524 Å². The number of hydrogen-bond donors (Lipinski definition) is 3. The Balaban J connectivity index is 5.22. The van der Waals surface area contributed by atoms with Gasteiger partial charge in [-0.05, 0) is 37.5 Å². The van der Waals surface area contributed by atoms with E-state index in [2.05, 4.69) is 41.5 Å². The fourth-order valence-corrected chi connectivity index (χ4v) is 11.6. The number of phosphoric acid groups is 2. The molecule has 0 aliphatic carbocycles. The normalized spacial score (nSPS) is 14.2. The molecule has 0 aromatic carbocycles. The molecule has 2 unspecified atom stereocenters. The first kappa shape index (κ1) is 84.1. The highest BCUT2D eigenvalue weighted by atomic mass is 31.2. The van der Waals surface area contributed by atoms with Gasteiger partial charge in [0.2, 0.25) is 0 Å². The predicted molar refractivity (Wildman–Crippen MR) is 345 cm³/mol. The van der Waals surface area contributed by atoms with Gasteiger partial charge < -0.3 is 33.8 Å². The Kier molecular flexibility index (Phi) is 58.0. The number of phosphoric ester groups is 2. The van der Waals surface area contributed by atoms with Crippen LogP contribution < -0.4 is 0 Å². The third-order valence-electron chi connectivity index (χ3n) is 15.5. The van der Waals surface area contributed by atoms with Gasteiger partial charge in [-0.1, -0.05) is 286 Å². The van der Waals surface area contributed by atoms with E-state index in [1.807, 2.05) is 0 Å². The lowest BCUT2D eigenvalue weighted by atomic mass is 10.0. The Morgan fingerprint density at radius 1 is 0.314 bits per heavy atom. The van der Waals surface area contributed by atoms with Gasteiger partial charge in [-0.3, -0.25) is 37.3 Å². The van der Waals surface area contributed by atoms with Gasteiger partial charge in [0.1, 0.15) is 19.3 Å². The van der Waals surface area contributed by atoms with E-state index in [-0.39, 0.29) is 25.7 Å². The molecule has 0 amide bonds. The van der Waals surface area contributed by atoms with Crippen molar-refractivity contribution in [3.63, 3.8) is 0 Å². The monoisotopic (exact) mass is 1270 g/mol. The molecule has 86 heavy (non-hydrogen) atoms. The first-order valence-electron chi connectivity index (χ1n) is 35.0. The van der Waals surface area contributed by atoms with E-state index in [4.69, 9.17) is 37.0 Å². The van der Waals surface area contributed by atoms with Gasteiger partial charge in [0.25, 0.3) is 0 Å². The van der Waals surface area contributed by atoms with Gasteiger partial charge in [0, 0.05) is 25.7 Å². The second kappa shape index (κ2) is 59.4. The second-order valence-corrected chi connectivity index (χ2v) is 28.1. The van der Waals surface area contributed by atoms with Crippen molar-refractivity contribution in [3.8, 4) is 0 Å². The number of rotatable bonds is 66. The molecular weight excluding hydrogens is 1140 g/mol. The quantitative estimate of drug-likeness (QED) is 0.0222. The number of aliphatic hydroxyl groups excluding tert-OH is 1. The number of esters is 4. The summed E-state index contributed by atoms with van der Waals surface area (Å²) in [6.45, 7) is 9.50. The highest BCUT2D eigenvalue weighted by Crippen LogP contribution is 2.45. The van der Waals surface area contributed by atoms with Gasteiger partial charge >= 0.3 is 39.5 Å². The van der Waals surface area contributed by atoms with Crippen molar-refractivity contribution in [1.29, 1.82) is 0 Å². The van der Waals surface area contributed by atoms with Crippen LogP contribution in [0.25, 0.3) is 0 Å². The van der Waals surface area contributed by atoms with Crippen molar-refractivity contribution < 1.29 is 80.2 Å². The molecule has 0 aliphatic rings. The summed E-state index contributed by atoms with van der Waals surface area (Å²) < 4.78 is 68.1. The molecule has 0 fully saturated rings. The molecule has 17 nitrogen and oxygen atoms in total. The van der Waals surface area contributed by atoms with E-state index in [0.717, 1.165) is 102 Å². The average Bonchev–Trinajstić information content (AvgIpc) is 3.65. The summed E-state index contributed by atoms with van der Waals surface area (Å²) in [5.41, 5.74) is 0. The molecule has 19 heteroatoms. The van der Waals surface area contributed by atoms with Crippen molar-refractivity contribution in [2.45, 2.75) is 355 Å². The van der Waals surface area contributed by atoms with Crippen LogP contribution in [-0.2, 0) is 65.4 Å². The van der Waals surface area contributed by atoms with Crippen molar-refractivity contribution in [3.05, 3.63) is 0 Å². The molecule has 0 bridgehead atoms. The molecule has 0 radical (unpaired) electrons. The third kappa shape index (κ3) is 60.9. The topological polar surface area (TPSA) is 237 Å². The Bertz CT molecular complexity index is 1680. The highest BCUT2D eigenvalue weighted by Gasteiger charge is 2.30. The van der Waals surface area contributed by atoms with Crippen LogP contribution in [0.3, 0.4) is 0 Å². The summed E-state index contributed by atoms with van der Waals surface area (Å²) >= 11 is 0. The molecular formula is C67H130O17P2. The standard InChI is InChI=1S/C67H130O17P2/c1-7-9-11-13-15-23-31-37-43-49-64(69)77-55-62(83-66(71)51-45-39-33-24-16-14-12-10-8-2)57-81-85(73,74)79-53-61(68)54-80-86(75,76)82-58-63(56-78-65(70)50-44-38-32-27-22-21-26-30-36-42-48-60(5)6)84-67(72)52-46-40-34-28-20-18-17-19-25-29-35-41-47-59(3)4/h59-63,68H,7-58H2,1-6H3,(H,73,74)(H,75,76)/t61-,62+,63+/m0/s1. The zero-order valence-electron chi connectivity index (χ0n) is 55.6. The minimum atomic E-state index is -4.95. The maximum absolute atomic E-state index is 13.0. The van der Waals surface area contributed by atoms with Crippen LogP contribution in [0.2, 0.25) is 0 Å². The zero-order valence-corrected chi connectivity index (χ0v) is 57.4. The Morgan fingerprint density at radius 3 is 0.791 bits per heavy atom. The SMILES string of the molecule is CCCCCCCCCCCC(=O)OC[C@H](COP(=O)(O)OC[C@H](O)COP(=O)(O)OC[C@@H](COC(=O)CCCCCCCCCCCCC(C)C)OC(=O)CCCCCCCCCCCCCCC(C)C)OC(=O)CCCCCCCCCCC. The molecule has 0 saturated carbocycles. The molecule has 0 heterocycles. The van der Waals surface area contributed by atoms with Crippen molar-refractivity contribution in [1.82, 2.24) is 0 Å². The highest BCUT2D eigenvalue weighted by molar-refractivity contribution is 7.47. The lowest BCUT2D eigenvalue weighted by Crippen LogP contribution is -2.30. The van der Waals surface area contributed by atoms with Crippen LogP contribution in [0.15, 0.2) is 0 Å². The molecule has 510 valence electrons. The smallest absolute Gasteiger partial charge is 0.462 e. The third-order valence-corrected chi connectivity index (χ3v) is 17.4. The summed E-state index contributed by atoms with van der Waals surface area (Å²) in [5, 5.41) is 10.6. The van der Waals surface area contributed by atoms with Gasteiger partial charge in [-0.2, -0.15) is 0 Å².